The summed E-state index contributed by atoms with van der Waals surface area (Å²) in [4.78, 5) is 45.3. The quantitative estimate of drug-likeness (QED) is 0.123. The first-order valence-corrected chi connectivity index (χ1v) is 44.8. The lowest BCUT2D eigenvalue weighted by atomic mass is 10.00. The van der Waals surface area contributed by atoms with Crippen molar-refractivity contribution in [2.75, 3.05) is 0 Å². The number of hydrogen-bond donors (Lipinski definition) is 0. The van der Waals surface area contributed by atoms with Crippen LogP contribution in [-0.2, 0) is 0 Å². The van der Waals surface area contributed by atoms with Crippen LogP contribution in [0.5, 0.6) is 0 Å². The molecule has 0 aliphatic heterocycles. The highest BCUT2D eigenvalue weighted by Gasteiger charge is 2.21. The molecule has 12 heteroatoms. The molecule has 9 nitrogen and oxygen atoms in total. The maximum Gasteiger partial charge on any atom is 0.164 e. The molecule has 0 unspecified atom stereocenters. The summed E-state index contributed by atoms with van der Waals surface area (Å²) in [6.07, 6.45) is 0. The zero-order valence-electron chi connectivity index (χ0n) is 68.1. The van der Waals surface area contributed by atoms with Crippen LogP contribution >= 0.6 is 34.0 Å². The van der Waals surface area contributed by atoms with Crippen LogP contribution in [0.3, 0.4) is 0 Å². The van der Waals surface area contributed by atoms with E-state index >= 15 is 0 Å². The van der Waals surface area contributed by atoms with Crippen LogP contribution in [0.4, 0.5) is 0 Å². The molecule has 0 amide bonds. The highest BCUT2D eigenvalue weighted by atomic mass is 32.1. The van der Waals surface area contributed by atoms with Crippen LogP contribution in [0.1, 0.15) is 0 Å². The van der Waals surface area contributed by atoms with Crippen molar-refractivity contribution in [3.63, 3.8) is 0 Å². The van der Waals surface area contributed by atoms with E-state index in [1.807, 2.05) is 59.1 Å². The van der Waals surface area contributed by atoms with Gasteiger partial charge >= 0.3 is 0 Å². The summed E-state index contributed by atoms with van der Waals surface area (Å²) in [6, 6.07) is 147. The zero-order chi connectivity index (χ0) is 83.8. The third-order valence-corrected chi connectivity index (χ3v) is 27.5. The van der Waals surface area contributed by atoms with Crippen LogP contribution in [0.2, 0.25) is 0 Å². The Kier molecular flexibility index (Phi) is 18.6. The molecule has 26 rings (SSSR count). The molecule has 6 aromatic heterocycles. The van der Waals surface area contributed by atoms with Crippen molar-refractivity contribution in [1.29, 1.82) is 0 Å². The molecule has 0 atom stereocenters. The van der Waals surface area contributed by atoms with Crippen molar-refractivity contribution in [1.82, 2.24) is 44.9 Å². The standard InChI is InChI=1S/C41H25N3S.C39H23N3S.C35H21N3S/c1-2-8-26(9-3-1)27-14-17-29(18-15-27)39-42-40(31-20-22-34-30(24-31)19-16-28-10-4-5-11-33(28)34)44-41(43-39)32-21-23-38-36(25-32)35-12-6-7-13-37(35)45-38;1-2-9-26-21-28(16-13-24(26)7-1)37-40-38(29-17-19-32-27(22-29)15-14-25-8-3-4-10-31(25)32)42-39(41-37)30-18-20-36-34(23-30)33-11-5-6-12-35(33)43-36;1-2-9-23(10-3-1)33-36-34(25-16-18-28-24(20-25)15-14-22-8-4-5-11-27(22)28)38-35(37-33)26-17-19-30-29-12-6-7-13-31(29)39-32(30)21-26/h1-25H;1-23H;1-21H. The van der Waals surface area contributed by atoms with Gasteiger partial charge in [0.25, 0.3) is 0 Å². The van der Waals surface area contributed by atoms with Crippen LogP contribution in [0, 0.1) is 0 Å². The van der Waals surface area contributed by atoms with Gasteiger partial charge in [-0.1, -0.05) is 334 Å². The van der Waals surface area contributed by atoms with Gasteiger partial charge in [-0.25, -0.2) is 44.9 Å². The predicted molar refractivity (Wildman–Crippen MR) is 535 cm³/mol. The second-order valence-electron chi connectivity index (χ2n) is 31.9. The fourth-order valence-corrected chi connectivity index (χ4v) is 21.0. The minimum Gasteiger partial charge on any atom is -0.208 e. The number of aromatic nitrogens is 9. The topological polar surface area (TPSA) is 116 Å². The Morgan fingerprint density at radius 3 is 0.748 bits per heavy atom. The first kappa shape index (κ1) is 74.7. The Morgan fingerprint density at radius 2 is 0.331 bits per heavy atom. The molecular weight excluding hydrogens is 1600 g/mol. The first-order valence-electron chi connectivity index (χ1n) is 42.3. The summed E-state index contributed by atoms with van der Waals surface area (Å²) >= 11 is 5.43. The number of rotatable bonds is 10. The molecule has 0 aliphatic rings. The number of hydrogen-bond acceptors (Lipinski definition) is 12. The molecule has 6 heterocycles. The Morgan fingerprint density at radius 1 is 0.110 bits per heavy atom. The van der Waals surface area contributed by atoms with Crippen molar-refractivity contribution in [2.45, 2.75) is 0 Å². The molecule has 26 aromatic rings. The van der Waals surface area contributed by atoms with Gasteiger partial charge in [0.05, 0.1) is 0 Å². The molecule has 127 heavy (non-hydrogen) atoms. The second kappa shape index (κ2) is 31.7. The second-order valence-corrected chi connectivity index (χ2v) is 35.1. The molecule has 0 radical (unpaired) electrons. The van der Waals surface area contributed by atoms with E-state index in [0.29, 0.717) is 52.4 Å². The zero-order valence-corrected chi connectivity index (χ0v) is 70.5. The Labute approximate surface area is 741 Å². The molecule has 20 aromatic carbocycles. The van der Waals surface area contributed by atoms with Gasteiger partial charge in [0.1, 0.15) is 0 Å². The predicted octanol–water partition coefficient (Wildman–Crippen LogP) is 31.5. The van der Waals surface area contributed by atoms with Crippen LogP contribution in [0.15, 0.2) is 419 Å². The van der Waals surface area contributed by atoms with Crippen molar-refractivity contribution in [3.05, 3.63) is 419 Å². The first-order chi connectivity index (χ1) is 62.8. The molecule has 592 valence electrons. The van der Waals surface area contributed by atoms with E-state index in [1.54, 1.807) is 11.3 Å². The van der Waals surface area contributed by atoms with Crippen molar-refractivity contribution >= 4 is 170 Å². The fraction of sp³-hybridized carbons (Fsp3) is 0. The van der Waals surface area contributed by atoms with Crippen molar-refractivity contribution < 1.29 is 0 Å². The van der Waals surface area contributed by atoms with Gasteiger partial charge in [0.15, 0.2) is 52.4 Å². The third-order valence-electron chi connectivity index (χ3n) is 24.1. The van der Waals surface area contributed by atoms with Crippen LogP contribution in [-0.4, -0.2) is 44.9 Å². The lowest BCUT2D eigenvalue weighted by molar-refractivity contribution is 1.07. The fourth-order valence-electron chi connectivity index (χ4n) is 17.7. The van der Waals surface area contributed by atoms with Gasteiger partial charge in [-0.05, 0) is 171 Å². The normalized spacial score (nSPS) is 11.6. The summed E-state index contributed by atoms with van der Waals surface area (Å²) < 4.78 is 7.60. The minimum absolute atomic E-state index is 0.656. The lowest BCUT2D eigenvalue weighted by Gasteiger charge is -2.10. The van der Waals surface area contributed by atoms with Crippen molar-refractivity contribution in [2.24, 2.45) is 0 Å². The Balaban J connectivity index is 0.000000107. The summed E-state index contributed by atoms with van der Waals surface area (Å²) in [5.41, 5.74) is 11.1. The maximum absolute atomic E-state index is 5.09. The maximum atomic E-state index is 5.09. The molecule has 0 spiro atoms. The van der Waals surface area contributed by atoms with E-state index in [1.165, 1.54) is 125 Å². The highest BCUT2D eigenvalue weighted by molar-refractivity contribution is 7.26. The van der Waals surface area contributed by atoms with E-state index in [-0.39, 0.29) is 0 Å². The summed E-state index contributed by atoms with van der Waals surface area (Å²) in [5.74, 6) is 6.00. The molecular formula is C115H69N9S3. The highest BCUT2D eigenvalue weighted by Crippen LogP contribution is 2.43. The Hall–Kier alpha value is -16.1. The van der Waals surface area contributed by atoms with E-state index in [4.69, 9.17) is 44.9 Å². The van der Waals surface area contributed by atoms with Gasteiger partial charge in [-0.2, -0.15) is 0 Å². The number of nitrogens with zero attached hydrogens (tertiary/aromatic N) is 9. The average molecular weight is 1670 g/mol. The van der Waals surface area contributed by atoms with Crippen LogP contribution < -0.4 is 0 Å². The van der Waals surface area contributed by atoms with Crippen LogP contribution in [0.25, 0.3) is 250 Å². The van der Waals surface area contributed by atoms with Gasteiger partial charge in [-0.3, -0.25) is 0 Å². The molecule has 0 N–H and O–H groups in total. The van der Waals surface area contributed by atoms with E-state index < -0.39 is 0 Å². The minimum atomic E-state index is 0.656. The number of benzene rings is 20. The lowest BCUT2D eigenvalue weighted by Crippen LogP contribution is -2.00. The largest absolute Gasteiger partial charge is 0.208 e. The number of fused-ring (bicyclic) bond motifs is 19. The molecule has 0 aliphatic carbocycles. The summed E-state index contributed by atoms with van der Waals surface area (Å²) in [5, 5.41) is 24.5. The van der Waals surface area contributed by atoms with E-state index in [9.17, 15) is 0 Å². The van der Waals surface area contributed by atoms with Gasteiger partial charge < -0.3 is 0 Å². The van der Waals surface area contributed by atoms with Crippen molar-refractivity contribution in [3.8, 4) is 114 Å². The molecule has 0 saturated heterocycles. The number of thiophene rings is 3. The molecule has 0 fully saturated rings. The average Bonchev–Trinajstić information content (AvgIpc) is 1.71. The smallest absolute Gasteiger partial charge is 0.164 e. The Bertz CT molecular complexity index is 8870. The molecule has 0 bridgehead atoms. The van der Waals surface area contributed by atoms with E-state index in [2.05, 4.69) is 382 Å². The monoisotopic (exact) mass is 1670 g/mol. The van der Waals surface area contributed by atoms with Gasteiger partial charge in [0, 0.05) is 111 Å². The third kappa shape index (κ3) is 14.1. The van der Waals surface area contributed by atoms with Gasteiger partial charge in [-0.15, -0.1) is 34.0 Å². The SMILES string of the molecule is c1ccc(-c2ccc(-c3nc(-c4ccc5c(ccc6ccccc65)c4)nc(-c4ccc5sc6ccccc6c5c4)n3)cc2)cc1.c1ccc(-c2nc(-c3ccc4c(ccc5ccccc54)c3)nc(-c3ccc4c(c3)sc3ccccc34)n2)cc1.c1ccc2cc(-c3nc(-c4ccc5c(ccc6ccccc65)c4)nc(-c4ccc5sc6ccccc6c5c4)n3)ccc2c1. The van der Waals surface area contributed by atoms with E-state index in [0.717, 1.165) is 71.8 Å². The summed E-state index contributed by atoms with van der Waals surface area (Å²) in [6.45, 7) is 0. The van der Waals surface area contributed by atoms with Gasteiger partial charge in [0.2, 0.25) is 0 Å². The summed E-state index contributed by atoms with van der Waals surface area (Å²) in [7, 11) is 0. The molecule has 0 saturated carbocycles.